The van der Waals surface area contributed by atoms with Crippen molar-refractivity contribution in [2.24, 2.45) is 0 Å². The van der Waals surface area contributed by atoms with Crippen molar-refractivity contribution in [1.29, 1.82) is 0 Å². The number of benzene rings is 1. The summed E-state index contributed by atoms with van der Waals surface area (Å²) >= 11 is 7.59. The van der Waals surface area contributed by atoms with Crippen molar-refractivity contribution < 1.29 is 9.53 Å². The summed E-state index contributed by atoms with van der Waals surface area (Å²) in [7, 11) is 0. The first kappa shape index (κ1) is 16.6. The molecular formula is C18H15ClN2O2S. The summed E-state index contributed by atoms with van der Waals surface area (Å²) in [5.41, 5.74) is 3.57. The number of pyridine rings is 1. The van der Waals surface area contributed by atoms with Gasteiger partial charge < -0.3 is 4.74 Å². The minimum atomic E-state index is -0.487. The van der Waals surface area contributed by atoms with Crippen molar-refractivity contribution in [2.75, 3.05) is 0 Å². The maximum absolute atomic E-state index is 12.3. The van der Waals surface area contributed by atoms with E-state index >= 15 is 0 Å². The number of thiazole rings is 1. The van der Waals surface area contributed by atoms with Crippen molar-refractivity contribution in [2.45, 2.75) is 20.5 Å². The second kappa shape index (κ2) is 7.11. The lowest BCUT2D eigenvalue weighted by atomic mass is 10.1. The molecule has 3 rings (SSSR count). The molecule has 0 amide bonds. The zero-order valence-corrected chi connectivity index (χ0v) is 14.8. The van der Waals surface area contributed by atoms with E-state index in [1.165, 1.54) is 11.3 Å². The van der Waals surface area contributed by atoms with Gasteiger partial charge in [-0.05, 0) is 25.5 Å². The summed E-state index contributed by atoms with van der Waals surface area (Å²) in [5.74, 6) is -0.487. The van der Waals surface area contributed by atoms with Gasteiger partial charge in [0.2, 0.25) is 0 Å². The van der Waals surface area contributed by atoms with Crippen LogP contribution in [0.2, 0.25) is 5.15 Å². The molecule has 0 radical (unpaired) electrons. The summed E-state index contributed by atoms with van der Waals surface area (Å²) in [6.45, 7) is 3.74. The predicted octanol–water partition coefficient (Wildman–Crippen LogP) is 4.83. The van der Waals surface area contributed by atoms with Crippen LogP contribution in [0, 0.1) is 13.8 Å². The lowest BCUT2D eigenvalue weighted by Gasteiger charge is -2.08. The summed E-state index contributed by atoms with van der Waals surface area (Å²) in [6.07, 6.45) is 0. The molecule has 3 aromatic rings. The Balaban J connectivity index is 1.71. The number of rotatable bonds is 4. The Kier molecular flexibility index (Phi) is 4.92. The summed E-state index contributed by atoms with van der Waals surface area (Å²) in [5, 5.41) is 2.95. The number of esters is 1. The minimum absolute atomic E-state index is 0.103. The highest BCUT2D eigenvalue weighted by molar-refractivity contribution is 7.13. The summed E-state index contributed by atoms with van der Waals surface area (Å²) in [4.78, 5) is 20.9. The van der Waals surface area contributed by atoms with Crippen LogP contribution in [-0.4, -0.2) is 15.9 Å². The Morgan fingerprint density at radius 2 is 1.96 bits per heavy atom. The average Bonchev–Trinajstić information content (AvgIpc) is 3.02. The number of hydrogen-bond acceptors (Lipinski definition) is 5. The number of halogens is 1. The topological polar surface area (TPSA) is 52.1 Å². The van der Waals surface area contributed by atoms with Gasteiger partial charge in [0.15, 0.2) is 0 Å². The van der Waals surface area contributed by atoms with Crippen molar-refractivity contribution in [3.63, 3.8) is 0 Å². The van der Waals surface area contributed by atoms with E-state index in [0.29, 0.717) is 11.3 Å². The number of nitrogens with zero attached hydrogens (tertiary/aromatic N) is 2. The maximum Gasteiger partial charge on any atom is 0.341 e. The van der Waals surface area contributed by atoms with Gasteiger partial charge in [0.05, 0.1) is 11.3 Å². The third-order valence-electron chi connectivity index (χ3n) is 3.43. The van der Waals surface area contributed by atoms with E-state index in [0.717, 1.165) is 21.8 Å². The molecular weight excluding hydrogens is 344 g/mol. The molecule has 0 bridgehead atoms. The lowest BCUT2D eigenvalue weighted by molar-refractivity contribution is 0.0467. The number of aromatic nitrogens is 2. The normalized spacial score (nSPS) is 10.6. The molecule has 0 spiro atoms. The van der Waals surface area contributed by atoms with Gasteiger partial charge in [0, 0.05) is 16.6 Å². The molecule has 0 unspecified atom stereocenters. The number of ether oxygens (including phenoxy) is 1. The second-order valence-corrected chi connectivity index (χ2v) is 6.55. The third kappa shape index (κ3) is 3.63. The Labute approximate surface area is 149 Å². The van der Waals surface area contributed by atoms with Gasteiger partial charge in [-0.15, -0.1) is 11.3 Å². The molecule has 4 nitrogen and oxygen atoms in total. The van der Waals surface area contributed by atoms with E-state index < -0.39 is 5.97 Å². The molecule has 0 atom stereocenters. The standard InChI is InChI=1S/C18H15ClN2O2S/c1-11-8-12(2)20-16(19)15(11)18(22)23-9-14-10-24-17(21-14)13-6-4-3-5-7-13/h3-8,10H,9H2,1-2H3. The van der Waals surface area contributed by atoms with Crippen LogP contribution >= 0.6 is 22.9 Å². The van der Waals surface area contributed by atoms with Crippen molar-refractivity contribution >= 4 is 28.9 Å². The van der Waals surface area contributed by atoms with Gasteiger partial charge >= 0.3 is 5.97 Å². The molecule has 0 aliphatic carbocycles. The van der Waals surface area contributed by atoms with E-state index in [-0.39, 0.29) is 11.8 Å². The molecule has 2 aromatic heterocycles. The highest BCUT2D eigenvalue weighted by atomic mass is 35.5. The smallest absolute Gasteiger partial charge is 0.341 e. The van der Waals surface area contributed by atoms with Crippen LogP contribution in [0.5, 0.6) is 0 Å². The van der Waals surface area contributed by atoms with Crippen LogP contribution in [0.15, 0.2) is 41.8 Å². The van der Waals surface area contributed by atoms with E-state index in [9.17, 15) is 4.79 Å². The first-order chi connectivity index (χ1) is 11.5. The molecule has 0 N–H and O–H groups in total. The van der Waals surface area contributed by atoms with E-state index in [4.69, 9.17) is 16.3 Å². The molecule has 6 heteroatoms. The fourth-order valence-electron chi connectivity index (χ4n) is 2.33. The van der Waals surface area contributed by atoms with Crippen LogP contribution in [-0.2, 0) is 11.3 Å². The molecule has 0 fully saturated rings. The highest BCUT2D eigenvalue weighted by Crippen LogP contribution is 2.24. The minimum Gasteiger partial charge on any atom is -0.455 e. The fraction of sp³-hybridized carbons (Fsp3) is 0.167. The van der Waals surface area contributed by atoms with Gasteiger partial charge in [0.25, 0.3) is 0 Å². The van der Waals surface area contributed by atoms with Gasteiger partial charge in [-0.25, -0.2) is 14.8 Å². The number of carbonyl (C=O) groups is 1. The van der Waals surface area contributed by atoms with Gasteiger partial charge in [0.1, 0.15) is 16.8 Å². The van der Waals surface area contributed by atoms with Crippen molar-refractivity contribution in [3.8, 4) is 10.6 Å². The highest BCUT2D eigenvalue weighted by Gasteiger charge is 2.17. The third-order valence-corrected chi connectivity index (χ3v) is 4.64. The molecule has 0 saturated carbocycles. The summed E-state index contributed by atoms with van der Waals surface area (Å²) in [6, 6.07) is 11.7. The van der Waals surface area contributed by atoms with Crippen LogP contribution in [0.4, 0.5) is 0 Å². The Bertz CT molecular complexity index is 855. The predicted molar refractivity (Wildman–Crippen MR) is 95.4 cm³/mol. The van der Waals surface area contributed by atoms with Crippen molar-refractivity contribution in [3.05, 3.63) is 69.4 Å². The van der Waals surface area contributed by atoms with Gasteiger partial charge in [-0.1, -0.05) is 41.9 Å². The van der Waals surface area contributed by atoms with Gasteiger partial charge in [-0.2, -0.15) is 0 Å². The van der Waals surface area contributed by atoms with Crippen LogP contribution < -0.4 is 0 Å². The second-order valence-electron chi connectivity index (χ2n) is 5.33. The van der Waals surface area contributed by atoms with Gasteiger partial charge in [-0.3, -0.25) is 0 Å². The zero-order valence-electron chi connectivity index (χ0n) is 13.2. The molecule has 0 aliphatic heterocycles. The first-order valence-corrected chi connectivity index (χ1v) is 8.61. The van der Waals surface area contributed by atoms with E-state index in [2.05, 4.69) is 9.97 Å². The molecule has 122 valence electrons. The van der Waals surface area contributed by atoms with E-state index in [1.54, 1.807) is 6.07 Å². The Morgan fingerprint density at radius 3 is 2.67 bits per heavy atom. The van der Waals surface area contributed by atoms with Crippen LogP contribution in [0.1, 0.15) is 27.3 Å². The molecule has 24 heavy (non-hydrogen) atoms. The van der Waals surface area contributed by atoms with Crippen LogP contribution in [0.25, 0.3) is 10.6 Å². The number of aryl methyl sites for hydroxylation is 2. The Morgan fingerprint density at radius 1 is 1.21 bits per heavy atom. The fourth-order valence-corrected chi connectivity index (χ4v) is 3.50. The molecule has 0 saturated heterocycles. The quantitative estimate of drug-likeness (QED) is 0.495. The Hall–Kier alpha value is -2.24. The monoisotopic (exact) mass is 358 g/mol. The largest absolute Gasteiger partial charge is 0.455 e. The SMILES string of the molecule is Cc1cc(C)c(C(=O)OCc2csc(-c3ccccc3)n2)c(Cl)n1. The average molecular weight is 359 g/mol. The molecule has 0 aliphatic rings. The number of hydrogen-bond donors (Lipinski definition) is 0. The zero-order chi connectivity index (χ0) is 17.1. The van der Waals surface area contributed by atoms with Crippen molar-refractivity contribution in [1.82, 2.24) is 9.97 Å². The summed E-state index contributed by atoms with van der Waals surface area (Å²) < 4.78 is 5.35. The molecule has 1 aromatic carbocycles. The van der Waals surface area contributed by atoms with Crippen LogP contribution in [0.3, 0.4) is 0 Å². The lowest BCUT2D eigenvalue weighted by Crippen LogP contribution is -2.09. The molecule has 2 heterocycles. The first-order valence-electron chi connectivity index (χ1n) is 7.35. The maximum atomic E-state index is 12.3. The van der Waals surface area contributed by atoms with E-state index in [1.807, 2.05) is 49.6 Å². The number of carbonyl (C=O) groups excluding carboxylic acids is 1.